The normalized spacial score (nSPS) is 10.4. The molecule has 2 aromatic rings. The molecule has 0 aromatic heterocycles. The van der Waals surface area contributed by atoms with Gasteiger partial charge in [-0.15, -0.1) is 0 Å². The fourth-order valence-electron chi connectivity index (χ4n) is 2.54. The van der Waals surface area contributed by atoms with Gasteiger partial charge in [0.15, 0.2) is 11.5 Å². The van der Waals surface area contributed by atoms with Crippen LogP contribution in [-0.4, -0.2) is 30.5 Å². The Morgan fingerprint density at radius 2 is 1.63 bits per heavy atom. The van der Waals surface area contributed by atoms with Crippen molar-refractivity contribution in [3.8, 4) is 11.5 Å². The molecule has 0 aliphatic carbocycles. The third-order valence-electron chi connectivity index (χ3n) is 4.34. The van der Waals surface area contributed by atoms with Crippen LogP contribution in [0.2, 0.25) is 0 Å². The van der Waals surface area contributed by atoms with E-state index in [2.05, 4.69) is 24.7 Å². The Kier molecular flexibility index (Phi) is 7.74. The van der Waals surface area contributed by atoms with Gasteiger partial charge in [0.2, 0.25) is 0 Å². The molecule has 9 heteroatoms. The molecule has 2 N–H and O–H groups in total. The minimum absolute atomic E-state index is 0.0547. The van der Waals surface area contributed by atoms with Crippen LogP contribution in [0, 0.1) is 23.0 Å². The summed E-state index contributed by atoms with van der Waals surface area (Å²) >= 11 is 0. The molecule has 9 nitrogen and oxygen atoms in total. The molecule has 0 bridgehead atoms. The van der Waals surface area contributed by atoms with Crippen molar-refractivity contribution in [3.63, 3.8) is 0 Å². The predicted octanol–water partition coefficient (Wildman–Crippen LogP) is 3.41. The SMILES string of the molecule is COc1cc(C(=O)NNC(=O)c2ccc(C)c([N+](=O)[O-])c2)ccc1OCCC(C)C. The molecule has 2 rings (SSSR count). The fraction of sp³-hybridized carbons (Fsp3) is 0.333. The molecule has 0 unspecified atom stereocenters. The number of aryl methyl sites for hydroxylation is 1. The average Bonchev–Trinajstić information content (AvgIpc) is 2.71. The molecule has 0 aliphatic heterocycles. The van der Waals surface area contributed by atoms with Gasteiger partial charge in [0, 0.05) is 22.8 Å². The fourth-order valence-corrected chi connectivity index (χ4v) is 2.54. The van der Waals surface area contributed by atoms with Crippen molar-refractivity contribution in [2.75, 3.05) is 13.7 Å². The van der Waals surface area contributed by atoms with Gasteiger partial charge in [-0.3, -0.25) is 30.6 Å². The van der Waals surface area contributed by atoms with Crippen LogP contribution < -0.4 is 20.3 Å². The third kappa shape index (κ3) is 5.94. The first kappa shape index (κ1) is 22.7. The van der Waals surface area contributed by atoms with Gasteiger partial charge in [0.25, 0.3) is 17.5 Å². The minimum atomic E-state index is -0.674. The summed E-state index contributed by atoms with van der Waals surface area (Å²) in [4.78, 5) is 35.0. The Bertz CT molecular complexity index is 942. The second-order valence-electron chi connectivity index (χ2n) is 7.06. The number of nitro benzene ring substituents is 1. The van der Waals surface area contributed by atoms with E-state index in [0.717, 1.165) is 12.5 Å². The van der Waals surface area contributed by atoms with Crippen LogP contribution in [-0.2, 0) is 0 Å². The van der Waals surface area contributed by atoms with Crippen molar-refractivity contribution in [3.05, 3.63) is 63.2 Å². The Morgan fingerprint density at radius 1 is 1.03 bits per heavy atom. The maximum atomic E-state index is 12.4. The van der Waals surface area contributed by atoms with Crippen LogP contribution in [0.25, 0.3) is 0 Å². The Morgan fingerprint density at radius 3 is 2.20 bits per heavy atom. The molecule has 0 atom stereocenters. The number of methoxy groups -OCH3 is 1. The second-order valence-corrected chi connectivity index (χ2v) is 7.06. The maximum Gasteiger partial charge on any atom is 0.273 e. The summed E-state index contributed by atoms with van der Waals surface area (Å²) in [6.45, 7) is 6.29. The lowest BCUT2D eigenvalue weighted by Crippen LogP contribution is -2.41. The lowest BCUT2D eigenvalue weighted by atomic mass is 10.1. The highest BCUT2D eigenvalue weighted by Gasteiger charge is 2.16. The van der Waals surface area contributed by atoms with E-state index in [4.69, 9.17) is 9.47 Å². The molecular formula is C21H25N3O6. The van der Waals surface area contributed by atoms with Crippen LogP contribution in [0.1, 0.15) is 46.5 Å². The average molecular weight is 415 g/mol. The number of carbonyl (C=O) groups is 2. The summed E-state index contributed by atoms with van der Waals surface area (Å²) in [6, 6.07) is 8.74. The monoisotopic (exact) mass is 415 g/mol. The highest BCUT2D eigenvalue weighted by Crippen LogP contribution is 2.28. The van der Waals surface area contributed by atoms with Crippen LogP contribution in [0.3, 0.4) is 0 Å². The first-order valence-electron chi connectivity index (χ1n) is 9.39. The molecular weight excluding hydrogens is 390 g/mol. The van der Waals surface area contributed by atoms with Crippen molar-refractivity contribution in [2.45, 2.75) is 27.2 Å². The smallest absolute Gasteiger partial charge is 0.273 e. The Labute approximate surface area is 174 Å². The zero-order valence-electron chi connectivity index (χ0n) is 17.4. The Balaban J connectivity index is 2.03. The molecule has 0 fully saturated rings. The minimum Gasteiger partial charge on any atom is -0.493 e. The first-order chi connectivity index (χ1) is 14.2. The molecule has 0 aliphatic rings. The van der Waals surface area contributed by atoms with Gasteiger partial charge in [-0.1, -0.05) is 19.9 Å². The van der Waals surface area contributed by atoms with E-state index in [0.29, 0.717) is 29.6 Å². The van der Waals surface area contributed by atoms with Crippen LogP contribution in [0.15, 0.2) is 36.4 Å². The van der Waals surface area contributed by atoms with E-state index in [1.165, 1.54) is 25.3 Å². The number of nitrogens with one attached hydrogen (secondary N) is 2. The summed E-state index contributed by atoms with van der Waals surface area (Å²) in [7, 11) is 1.47. The molecule has 0 saturated carbocycles. The molecule has 0 heterocycles. The number of nitro groups is 1. The zero-order chi connectivity index (χ0) is 22.3. The topological polar surface area (TPSA) is 120 Å². The van der Waals surface area contributed by atoms with E-state index in [1.807, 2.05) is 0 Å². The lowest BCUT2D eigenvalue weighted by molar-refractivity contribution is -0.385. The van der Waals surface area contributed by atoms with Gasteiger partial charge in [-0.25, -0.2) is 0 Å². The highest BCUT2D eigenvalue weighted by atomic mass is 16.6. The van der Waals surface area contributed by atoms with Crippen molar-refractivity contribution in [2.24, 2.45) is 5.92 Å². The van der Waals surface area contributed by atoms with Gasteiger partial charge in [0.1, 0.15) is 0 Å². The maximum absolute atomic E-state index is 12.4. The number of nitrogens with zero attached hydrogens (tertiary/aromatic N) is 1. The van der Waals surface area contributed by atoms with Gasteiger partial charge in [0.05, 0.1) is 18.6 Å². The molecule has 2 aromatic carbocycles. The molecule has 0 spiro atoms. The molecule has 0 radical (unpaired) electrons. The van der Waals surface area contributed by atoms with E-state index >= 15 is 0 Å². The molecule has 0 saturated heterocycles. The summed E-state index contributed by atoms with van der Waals surface area (Å²) < 4.78 is 11.0. The summed E-state index contributed by atoms with van der Waals surface area (Å²) in [5.74, 6) is 0.168. The number of carbonyl (C=O) groups excluding carboxylic acids is 2. The number of ether oxygens (including phenoxy) is 2. The lowest BCUT2D eigenvalue weighted by Gasteiger charge is -2.13. The Hall–Kier alpha value is -3.62. The van der Waals surface area contributed by atoms with Crippen LogP contribution in [0.4, 0.5) is 5.69 Å². The van der Waals surface area contributed by atoms with Crippen LogP contribution >= 0.6 is 0 Å². The molecule has 2 amide bonds. The number of amides is 2. The number of rotatable bonds is 8. The molecule has 30 heavy (non-hydrogen) atoms. The number of hydrogen-bond donors (Lipinski definition) is 2. The number of hydrogen-bond acceptors (Lipinski definition) is 6. The number of benzene rings is 2. The van der Waals surface area contributed by atoms with Gasteiger partial charge in [-0.05, 0) is 43.5 Å². The second kappa shape index (κ2) is 10.2. The standard InChI is InChI=1S/C21H25N3O6/c1-13(2)9-10-30-18-8-7-16(12-19(18)29-4)21(26)23-22-20(25)15-6-5-14(3)17(11-15)24(27)28/h5-8,11-13H,9-10H2,1-4H3,(H,22,25)(H,23,26). The highest BCUT2D eigenvalue weighted by molar-refractivity contribution is 5.99. The van der Waals surface area contributed by atoms with Gasteiger partial charge in [-0.2, -0.15) is 0 Å². The van der Waals surface area contributed by atoms with Gasteiger partial charge >= 0.3 is 0 Å². The quantitative estimate of drug-likeness (QED) is 0.504. The van der Waals surface area contributed by atoms with Crippen molar-refractivity contribution < 1.29 is 24.0 Å². The zero-order valence-corrected chi connectivity index (χ0v) is 17.4. The van der Waals surface area contributed by atoms with E-state index < -0.39 is 16.7 Å². The van der Waals surface area contributed by atoms with E-state index in [-0.39, 0.29) is 16.8 Å². The predicted molar refractivity (Wildman–Crippen MR) is 111 cm³/mol. The largest absolute Gasteiger partial charge is 0.493 e. The van der Waals surface area contributed by atoms with Crippen molar-refractivity contribution >= 4 is 17.5 Å². The summed E-state index contributed by atoms with van der Waals surface area (Å²) in [5, 5.41) is 11.0. The third-order valence-corrected chi connectivity index (χ3v) is 4.34. The van der Waals surface area contributed by atoms with Gasteiger partial charge < -0.3 is 9.47 Å². The summed E-state index contributed by atoms with van der Waals surface area (Å²) in [6.07, 6.45) is 0.884. The first-order valence-corrected chi connectivity index (χ1v) is 9.39. The molecule has 160 valence electrons. The van der Waals surface area contributed by atoms with E-state index in [9.17, 15) is 19.7 Å². The van der Waals surface area contributed by atoms with Crippen LogP contribution in [0.5, 0.6) is 11.5 Å². The van der Waals surface area contributed by atoms with E-state index in [1.54, 1.807) is 19.1 Å². The van der Waals surface area contributed by atoms with Crippen molar-refractivity contribution in [1.29, 1.82) is 0 Å². The summed E-state index contributed by atoms with van der Waals surface area (Å²) in [5.41, 5.74) is 5.10. The van der Waals surface area contributed by atoms with Crippen molar-refractivity contribution in [1.82, 2.24) is 10.9 Å². The number of hydrazine groups is 1.